The van der Waals surface area contributed by atoms with Gasteiger partial charge in [-0.1, -0.05) is 29.3 Å². The zero-order valence-electron chi connectivity index (χ0n) is 14.3. The maximum absolute atomic E-state index is 12.5. The van der Waals surface area contributed by atoms with Crippen molar-refractivity contribution in [2.24, 2.45) is 0 Å². The summed E-state index contributed by atoms with van der Waals surface area (Å²) in [5.41, 5.74) is 1.77. The summed E-state index contributed by atoms with van der Waals surface area (Å²) < 4.78 is 1.58. The number of hydrogen-bond donors (Lipinski definition) is 2. The molecule has 0 aliphatic carbocycles. The number of hydrogen-bond acceptors (Lipinski definition) is 4. The Bertz CT molecular complexity index is 986. The number of imidazole rings is 1. The van der Waals surface area contributed by atoms with E-state index >= 15 is 0 Å². The molecule has 1 aliphatic rings. The molecular formula is C18H19Cl2N5O. The van der Waals surface area contributed by atoms with Crippen LogP contribution >= 0.6 is 23.2 Å². The number of nitrogens with zero attached hydrogens (tertiary/aromatic N) is 3. The van der Waals surface area contributed by atoms with Crippen molar-refractivity contribution in [3.63, 3.8) is 0 Å². The highest BCUT2D eigenvalue weighted by Gasteiger charge is 2.21. The molecule has 3 heterocycles. The molecule has 1 atom stereocenters. The predicted octanol–water partition coefficient (Wildman–Crippen LogP) is 2.88. The summed E-state index contributed by atoms with van der Waals surface area (Å²) in [5.74, 6) is 0.837. The van der Waals surface area contributed by atoms with Crippen molar-refractivity contribution in [2.45, 2.75) is 19.0 Å². The monoisotopic (exact) mass is 391 g/mol. The number of anilines is 1. The van der Waals surface area contributed by atoms with Gasteiger partial charge in [0.25, 0.3) is 0 Å². The first-order valence-corrected chi connectivity index (χ1v) is 9.26. The van der Waals surface area contributed by atoms with Gasteiger partial charge in [-0.15, -0.1) is 0 Å². The fourth-order valence-corrected chi connectivity index (χ4v) is 3.88. The molecule has 1 fully saturated rings. The van der Waals surface area contributed by atoms with Crippen LogP contribution < -0.4 is 15.9 Å². The number of pyridine rings is 1. The second kappa shape index (κ2) is 6.95. The number of aromatic amines is 1. The number of nitrogens with one attached hydrogen (secondary N) is 2. The van der Waals surface area contributed by atoms with Crippen molar-refractivity contribution >= 4 is 40.2 Å². The van der Waals surface area contributed by atoms with Crippen LogP contribution in [-0.2, 0) is 6.54 Å². The largest absolute Gasteiger partial charge is 0.355 e. The van der Waals surface area contributed by atoms with Crippen molar-refractivity contribution in [3.8, 4) is 0 Å². The Kier molecular flexibility index (Phi) is 4.65. The summed E-state index contributed by atoms with van der Waals surface area (Å²) in [5, 5.41) is 4.42. The molecule has 2 N–H and O–H groups in total. The normalized spacial score (nSPS) is 17.1. The third kappa shape index (κ3) is 3.09. The average Bonchev–Trinajstić information content (AvgIpc) is 3.25. The Morgan fingerprint density at radius 2 is 2.04 bits per heavy atom. The molecule has 1 aliphatic heterocycles. The minimum Gasteiger partial charge on any atom is -0.355 e. The number of H-pyrrole nitrogens is 1. The summed E-state index contributed by atoms with van der Waals surface area (Å²) in [6.07, 6.45) is 1.07. The van der Waals surface area contributed by atoms with Crippen LogP contribution in [0.4, 0.5) is 5.82 Å². The van der Waals surface area contributed by atoms with Gasteiger partial charge < -0.3 is 15.2 Å². The number of fused-ring (bicyclic) bond motifs is 1. The Labute approximate surface area is 160 Å². The molecule has 0 spiro atoms. The number of halogens is 2. The molecule has 6 nitrogen and oxygen atoms in total. The topological polar surface area (TPSA) is 66.0 Å². The highest BCUT2D eigenvalue weighted by molar-refractivity contribution is 6.36. The first-order valence-electron chi connectivity index (χ1n) is 8.50. The van der Waals surface area contributed by atoms with E-state index < -0.39 is 0 Å². The van der Waals surface area contributed by atoms with Gasteiger partial charge in [0.15, 0.2) is 5.65 Å². The van der Waals surface area contributed by atoms with Gasteiger partial charge >= 0.3 is 5.69 Å². The SMILES string of the molecule is CN(c1ccc2[nH]c(=O)n(Cc3c(Cl)cccc3Cl)c2n1)[C@H]1CCNC1. The standard InChI is InChI=1S/C18H19Cl2N5O/c1-24(11-7-8-21-9-11)16-6-5-15-17(23-16)25(18(26)22-15)10-12-13(19)3-2-4-14(12)20/h2-6,11,21H,7-10H2,1H3,(H,22,26)/t11-/m0/s1. The Morgan fingerprint density at radius 1 is 1.27 bits per heavy atom. The molecule has 4 rings (SSSR count). The average molecular weight is 392 g/mol. The van der Waals surface area contributed by atoms with Gasteiger partial charge in [0.1, 0.15) is 5.82 Å². The van der Waals surface area contributed by atoms with Crippen LogP contribution in [0.2, 0.25) is 10.0 Å². The first kappa shape index (κ1) is 17.4. The van der Waals surface area contributed by atoms with Crippen LogP contribution in [0.5, 0.6) is 0 Å². The molecule has 26 heavy (non-hydrogen) atoms. The smallest absolute Gasteiger partial charge is 0.327 e. The van der Waals surface area contributed by atoms with Crippen molar-refractivity contribution in [1.82, 2.24) is 19.9 Å². The summed E-state index contributed by atoms with van der Waals surface area (Å²) in [6, 6.07) is 9.54. The minimum absolute atomic E-state index is 0.231. The van der Waals surface area contributed by atoms with E-state index in [0.29, 0.717) is 32.8 Å². The Hall–Kier alpha value is -2.02. The molecule has 0 amide bonds. The quantitative estimate of drug-likeness (QED) is 0.717. The fraction of sp³-hybridized carbons (Fsp3) is 0.333. The lowest BCUT2D eigenvalue weighted by Crippen LogP contribution is -2.33. The lowest BCUT2D eigenvalue weighted by atomic mass is 10.2. The second-order valence-electron chi connectivity index (χ2n) is 6.51. The maximum Gasteiger partial charge on any atom is 0.327 e. The van der Waals surface area contributed by atoms with E-state index in [0.717, 1.165) is 25.3 Å². The molecular weight excluding hydrogens is 373 g/mol. The van der Waals surface area contributed by atoms with Gasteiger partial charge in [-0.25, -0.2) is 9.78 Å². The van der Waals surface area contributed by atoms with Crippen LogP contribution in [0.1, 0.15) is 12.0 Å². The summed E-state index contributed by atoms with van der Waals surface area (Å²) >= 11 is 12.5. The van der Waals surface area contributed by atoms with Crippen molar-refractivity contribution in [1.29, 1.82) is 0 Å². The van der Waals surface area contributed by atoms with E-state index in [1.165, 1.54) is 0 Å². The molecule has 1 saturated heterocycles. The van der Waals surface area contributed by atoms with Gasteiger partial charge in [-0.2, -0.15) is 0 Å². The van der Waals surface area contributed by atoms with Gasteiger partial charge in [-0.05, 0) is 37.2 Å². The Balaban J connectivity index is 1.76. The van der Waals surface area contributed by atoms with Crippen LogP contribution in [0.25, 0.3) is 11.2 Å². The molecule has 2 aromatic heterocycles. The second-order valence-corrected chi connectivity index (χ2v) is 7.33. The molecule has 8 heteroatoms. The molecule has 136 valence electrons. The first-order chi connectivity index (χ1) is 12.5. The Morgan fingerprint density at radius 3 is 2.73 bits per heavy atom. The van der Waals surface area contributed by atoms with Gasteiger partial charge in [0, 0.05) is 35.2 Å². The van der Waals surface area contributed by atoms with E-state index in [4.69, 9.17) is 28.2 Å². The molecule has 0 saturated carbocycles. The predicted molar refractivity (Wildman–Crippen MR) is 106 cm³/mol. The number of aromatic nitrogens is 3. The number of likely N-dealkylation sites (N-methyl/N-ethyl adjacent to an activating group) is 1. The van der Waals surface area contributed by atoms with E-state index in [1.807, 2.05) is 19.2 Å². The van der Waals surface area contributed by atoms with Crippen molar-refractivity contribution < 1.29 is 0 Å². The molecule has 0 unspecified atom stereocenters. The fourth-order valence-electron chi connectivity index (χ4n) is 3.36. The van der Waals surface area contributed by atoms with Gasteiger partial charge in [-0.3, -0.25) is 4.57 Å². The van der Waals surface area contributed by atoms with Crippen molar-refractivity contribution in [2.75, 3.05) is 25.0 Å². The van der Waals surface area contributed by atoms with Crippen molar-refractivity contribution in [3.05, 3.63) is 56.4 Å². The van der Waals surface area contributed by atoms with Crippen LogP contribution in [0.3, 0.4) is 0 Å². The lowest BCUT2D eigenvalue weighted by Gasteiger charge is -2.24. The highest BCUT2D eigenvalue weighted by Crippen LogP contribution is 2.26. The molecule has 1 aromatic carbocycles. The molecule has 3 aromatic rings. The number of rotatable bonds is 4. The number of benzene rings is 1. The molecule has 0 radical (unpaired) electrons. The zero-order chi connectivity index (χ0) is 18.3. The lowest BCUT2D eigenvalue weighted by molar-refractivity contribution is 0.677. The van der Waals surface area contributed by atoms with Crippen LogP contribution in [0, 0.1) is 0 Å². The van der Waals surface area contributed by atoms with E-state index in [1.54, 1.807) is 22.8 Å². The van der Waals surface area contributed by atoms with Gasteiger partial charge in [0.05, 0.1) is 12.1 Å². The molecule has 0 bridgehead atoms. The zero-order valence-corrected chi connectivity index (χ0v) is 15.8. The van der Waals surface area contributed by atoms with Crippen LogP contribution in [0.15, 0.2) is 35.1 Å². The maximum atomic E-state index is 12.5. The third-order valence-electron chi connectivity index (χ3n) is 4.92. The van der Waals surface area contributed by atoms with Gasteiger partial charge in [0.2, 0.25) is 0 Å². The van der Waals surface area contributed by atoms with E-state index in [2.05, 4.69) is 15.2 Å². The summed E-state index contributed by atoms with van der Waals surface area (Å²) in [7, 11) is 2.03. The summed E-state index contributed by atoms with van der Waals surface area (Å²) in [4.78, 5) is 22.2. The van der Waals surface area contributed by atoms with E-state index in [-0.39, 0.29) is 12.2 Å². The van der Waals surface area contributed by atoms with Crippen LogP contribution in [-0.4, -0.2) is 40.7 Å². The summed E-state index contributed by atoms with van der Waals surface area (Å²) in [6.45, 7) is 2.21. The highest BCUT2D eigenvalue weighted by atomic mass is 35.5. The van der Waals surface area contributed by atoms with E-state index in [9.17, 15) is 4.79 Å². The third-order valence-corrected chi connectivity index (χ3v) is 5.63. The minimum atomic E-state index is -0.231.